The number of aliphatic hydroxyl groups excluding tert-OH is 1. The van der Waals surface area contributed by atoms with Crippen molar-refractivity contribution in [2.45, 2.75) is 51.3 Å². The molecule has 3 N–H and O–H groups in total. The van der Waals surface area contributed by atoms with Crippen molar-refractivity contribution in [1.29, 1.82) is 0 Å². The van der Waals surface area contributed by atoms with E-state index in [1.807, 2.05) is 31.2 Å². The highest BCUT2D eigenvalue weighted by molar-refractivity contribution is 5.91. The summed E-state index contributed by atoms with van der Waals surface area (Å²) < 4.78 is 32.5. The second-order valence-corrected chi connectivity index (χ2v) is 10.8. The average Bonchev–Trinajstić information content (AvgIpc) is 3.54. The smallest absolute Gasteiger partial charge is 0.289 e. The van der Waals surface area contributed by atoms with Crippen LogP contribution in [0.5, 0.6) is 0 Å². The summed E-state index contributed by atoms with van der Waals surface area (Å²) in [5.41, 5.74) is 8.45. The molecular weight excluding hydrogens is 558 g/mol. The molecule has 2 aromatic carbocycles. The standard InChI is InChI=1S/C32H38F2N4O5/c1-2-22-5-3-6-23(15-22)20-38(21-28(39)27(35)18-24-16-25(33)19-26(34)17-24)31(41)9-8-30(40)36-10-12-37(13-11-36)32(42)29-7-4-14-43-29/h3-7,14-17,19,27-28,39H,2,8-13,18,20-21,35H2,1H3. The van der Waals surface area contributed by atoms with Crippen LogP contribution in [0, 0.1) is 11.6 Å². The third-order valence-electron chi connectivity index (χ3n) is 7.63. The van der Waals surface area contributed by atoms with Crippen molar-refractivity contribution in [3.8, 4) is 0 Å². The highest BCUT2D eigenvalue weighted by Crippen LogP contribution is 2.16. The predicted octanol–water partition coefficient (Wildman–Crippen LogP) is 3.14. The summed E-state index contributed by atoms with van der Waals surface area (Å²) in [6.07, 6.45) is 0.979. The fourth-order valence-electron chi connectivity index (χ4n) is 5.17. The number of aliphatic hydroxyl groups is 1. The number of aryl methyl sites for hydroxylation is 1. The molecule has 1 saturated heterocycles. The number of furan rings is 1. The van der Waals surface area contributed by atoms with Gasteiger partial charge in [0, 0.05) is 64.2 Å². The van der Waals surface area contributed by atoms with Crippen LogP contribution in [0.15, 0.2) is 65.3 Å². The summed E-state index contributed by atoms with van der Waals surface area (Å²) in [6, 6.07) is 13.2. The predicted molar refractivity (Wildman–Crippen MR) is 156 cm³/mol. The molecule has 230 valence electrons. The molecule has 0 radical (unpaired) electrons. The van der Waals surface area contributed by atoms with Crippen LogP contribution in [0.4, 0.5) is 8.78 Å². The third kappa shape index (κ3) is 8.95. The van der Waals surface area contributed by atoms with Gasteiger partial charge < -0.3 is 30.0 Å². The van der Waals surface area contributed by atoms with Crippen molar-refractivity contribution in [2.24, 2.45) is 5.73 Å². The van der Waals surface area contributed by atoms with Gasteiger partial charge in [-0.25, -0.2) is 8.78 Å². The third-order valence-corrected chi connectivity index (χ3v) is 7.63. The summed E-state index contributed by atoms with van der Waals surface area (Å²) in [7, 11) is 0. The monoisotopic (exact) mass is 596 g/mol. The summed E-state index contributed by atoms with van der Waals surface area (Å²) >= 11 is 0. The Morgan fingerprint density at radius 2 is 1.60 bits per heavy atom. The molecule has 2 heterocycles. The molecule has 2 unspecified atom stereocenters. The van der Waals surface area contributed by atoms with Crippen molar-refractivity contribution in [3.63, 3.8) is 0 Å². The van der Waals surface area contributed by atoms with Crippen LogP contribution in [0.25, 0.3) is 0 Å². The van der Waals surface area contributed by atoms with Gasteiger partial charge in [0.05, 0.1) is 12.4 Å². The van der Waals surface area contributed by atoms with Gasteiger partial charge in [0.15, 0.2) is 5.76 Å². The number of carbonyl (C=O) groups is 3. The highest BCUT2D eigenvalue weighted by Gasteiger charge is 2.28. The van der Waals surface area contributed by atoms with E-state index in [2.05, 4.69) is 0 Å². The first-order valence-electron chi connectivity index (χ1n) is 14.5. The SMILES string of the molecule is CCc1cccc(CN(CC(O)C(N)Cc2cc(F)cc(F)c2)C(=O)CCC(=O)N2CCN(C(=O)c3ccco3)CC2)c1. The number of amides is 3. The second-order valence-electron chi connectivity index (χ2n) is 10.8. The number of carbonyl (C=O) groups excluding carboxylic acids is 3. The molecule has 0 bridgehead atoms. The quantitative estimate of drug-likeness (QED) is 0.332. The number of nitrogens with two attached hydrogens (primary N) is 1. The molecule has 0 saturated carbocycles. The summed E-state index contributed by atoms with van der Waals surface area (Å²) in [6.45, 7) is 3.53. The summed E-state index contributed by atoms with van der Waals surface area (Å²) in [4.78, 5) is 43.6. The van der Waals surface area contributed by atoms with E-state index in [4.69, 9.17) is 10.2 Å². The normalized spacial score (nSPS) is 14.8. The Morgan fingerprint density at radius 1 is 0.930 bits per heavy atom. The number of halogens is 2. The zero-order chi connectivity index (χ0) is 30.9. The van der Waals surface area contributed by atoms with Crippen molar-refractivity contribution >= 4 is 17.7 Å². The average molecular weight is 597 g/mol. The molecular formula is C32H38F2N4O5. The molecule has 2 atom stereocenters. The van der Waals surface area contributed by atoms with Gasteiger partial charge in [0.1, 0.15) is 11.6 Å². The molecule has 1 aliphatic heterocycles. The first-order valence-corrected chi connectivity index (χ1v) is 14.5. The number of rotatable bonds is 12. The molecule has 0 spiro atoms. The van der Waals surface area contributed by atoms with Gasteiger partial charge in [-0.15, -0.1) is 0 Å². The number of hydrogen-bond donors (Lipinski definition) is 2. The van der Waals surface area contributed by atoms with Crippen LogP contribution in [-0.4, -0.2) is 82.4 Å². The van der Waals surface area contributed by atoms with Crippen molar-refractivity contribution < 1.29 is 32.7 Å². The maximum absolute atomic E-state index is 13.6. The topological polar surface area (TPSA) is 120 Å². The first kappa shape index (κ1) is 31.8. The van der Waals surface area contributed by atoms with E-state index in [-0.39, 0.29) is 55.8 Å². The number of hydrogen-bond acceptors (Lipinski definition) is 6. The van der Waals surface area contributed by atoms with E-state index in [0.29, 0.717) is 31.7 Å². The summed E-state index contributed by atoms with van der Waals surface area (Å²) in [5.74, 6) is -1.98. The lowest BCUT2D eigenvalue weighted by Gasteiger charge is -2.34. The minimum atomic E-state index is -1.18. The van der Waals surface area contributed by atoms with Gasteiger partial charge >= 0.3 is 0 Å². The van der Waals surface area contributed by atoms with Gasteiger partial charge in [-0.3, -0.25) is 14.4 Å². The maximum atomic E-state index is 13.6. The van der Waals surface area contributed by atoms with Gasteiger partial charge in [-0.2, -0.15) is 0 Å². The maximum Gasteiger partial charge on any atom is 0.289 e. The molecule has 1 aromatic heterocycles. The van der Waals surface area contributed by atoms with Crippen molar-refractivity contribution in [2.75, 3.05) is 32.7 Å². The molecule has 0 aliphatic carbocycles. The fraction of sp³-hybridized carbons (Fsp3) is 0.406. The van der Waals surface area contributed by atoms with E-state index < -0.39 is 23.8 Å². The lowest BCUT2D eigenvalue weighted by molar-refractivity contribution is -0.139. The van der Waals surface area contributed by atoms with E-state index in [9.17, 15) is 28.3 Å². The Balaban J connectivity index is 1.35. The lowest BCUT2D eigenvalue weighted by Crippen LogP contribution is -2.50. The number of benzene rings is 2. The largest absolute Gasteiger partial charge is 0.459 e. The molecule has 3 aromatic rings. The van der Waals surface area contributed by atoms with Crippen LogP contribution in [0.1, 0.15) is 47.0 Å². The van der Waals surface area contributed by atoms with E-state index in [1.165, 1.54) is 11.2 Å². The molecule has 4 rings (SSSR count). The molecule has 1 fully saturated rings. The van der Waals surface area contributed by atoms with Crippen LogP contribution < -0.4 is 5.73 Å². The van der Waals surface area contributed by atoms with E-state index >= 15 is 0 Å². The van der Waals surface area contributed by atoms with Gasteiger partial charge in [-0.1, -0.05) is 31.2 Å². The van der Waals surface area contributed by atoms with E-state index in [0.717, 1.165) is 35.7 Å². The molecule has 3 amide bonds. The zero-order valence-corrected chi connectivity index (χ0v) is 24.3. The molecule has 43 heavy (non-hydrogen) atoms. The van der Waals surface area contributed by atoms with Gasteiger partial charge in [-0.05, 0) is 53.8 Å². The van der Waals surface area contributed by atoms with Crippen LogP contribution in [0.3, 0.4) is 0 Å². The molecule has 9 nitrogen and oxygen atoms in total. The second kappa shape index (κ2) is 14.9. The molecule has 1 aliphatic rings. The van der Waals surface area contributed by atoms with E-state index in [1.54, 1.807) is 21.9 Å². The zero-order valence-electron chi connectivity index (χ0n) is 24.3. The molecule has 11 heteroatoms. The Labute approximate surface area is 249 Å². The Morgan fingerprint density at radius 3 is 2.26 bits per heavy atom. The summed E-state index contributed by atoms with van der Waals surface area (Å²) in [5, 5.41) is 10.9. The fourth-order valence-corrected chi connectivity index (χ4v) is 5.17. The minimum Gasteiger partial charge on any atom is -0.459 e. The van der Waals surface area contributed by atoms with Crippen LogP contribution in [0.2, 0.25) is 0 Å². The Kier molecular flexibility index (Phi) is 11.0. The number of nitrogens with zero attached hydrogens (tertiary/aromatic N) is 3. The minimum absolute atomic E-state index is 0.0100. The van der Waals surface area contributed by atoms with Gasteiger partial charge in [0.2, 0.25) is 11.8 Å². The Bertz CT molecular complexity index is 1370. The van der Waals surface area contributed by atoms with Crippen molar-refractivity contribution in [1.82, 2.24) is 14.7 Å². The highest BCUT2D eigenvalue weighted by atomic mass is 19.1. The van der Waals surface area contributed by atoms with Crippen molar-refractivity contribution in [3.05, 3.63) is 94.9 Å². The van der Waals surface area contributed by atoms with Gasteiger partial charge in [0.25, 0.3) is 5.91 Å². The number of piperazine rings is 1. The van der Waals surface area contributed by atoms with Crippen LogP contribution >= 0.6 is 0 Å². The Hall–Kier alpha value is -4.09. The lowest BCUT2D eigenvalue weighted by atomic mass is 10.0. The first-order chi connectivity index (χ1) is 20.6. The van der Waals surface area contributed by atoms with Crippen LogP contribution in [-0.2, 0) is 29.0 Å².